The minimum Gasteiger partial charge on any atom is -1.00 e. The van der Waals surface area contributed by atoms with Gasteiger partial charge in [0.25, 0.3) is 0 Å². The fraction of sp³-hybridized carbons (Fsp3) is 1.00. The molecule has 0 saturated carbocycles. The topological polar surface area (TPSA) is 0 Å². The Bertz CT molecular complexity index is 132. The van der Waals surface area contributed by atoms with Crippen molar-refractivity contribution in [1.82, 2.24) is 0 Å². The first-order valence-electron chi connectivity index (χ1n) is 4.89. The lowest BCUT2D eigenvalue weighted by atomic mass is 10.3. The second-order valence-electron chi connectivity index (χ2n) is 5.34. The average molecular weight is 309 g/mol. The van der Waals surface area contributed by atoms with Crippen LogP contribution in [0.15, 0.2) is 0 Å². The number of quaternary nitrogens is 2. The molecule has 0 spiro atoms. The molecule has 0 radical (unpaired) electrons. The molecular formula is C14H42Cl2N2. The molecule has 0 rings (SSSR count). The number of nitrogens with zero attached hydrogens (tertiary/aromatic N) is 2. The number of hydrogen-bond acceptors (Lipinski definition) is 0. The van der Waals surface area contributed by atoms with Crippen LogP contribution >= 0.6 is 0 Å². The van der Waals surface area contributed by atoms with Crippen LogP contribution in [0, 0.1) is 0 Å². The first-order valence-corrected chi connectivity index (χ1v) is 4.89. The third-order valence-electron chi connectivity index (χ3n) is 2.45. The third kappa shape index (κ3) is 30.0. The van der Waals surface area contributed by atoms with Crippen molar-refractivity contribution in [2.45, 2.75) is 43.1 Å². The lowest BCUT2D eigenvalue weighted by Crippen LogP contribution is -3.00. The van der Waals surface area contributed by atoms with Crippen LogP contribution in [0.4, 0.5) is 0 Å². The summed E-state index contributed by atoms with van der Waals surface area (Å²) in [6.07, 6.45) is 1.32. The van der Waals surface area contributed by atoms with E-state index in [0.717, 1.165) is 8.97 Å². The van der Waals surface area contributed by atoms with Crippen LogP contribution in [0.3, 0.4) is 0 Å². The smallest absolute Gasteiger partial charge is 0.0836 e. The Labute approximate surface area is 132 Å². The van der Waals surface area contributed by atoms with Gasteiger partial charge in [-0.1, -0.05) is 29.7 Å². The van der Waals surface area contributed by atoms with Crippen LogP contribution in [-0.4, -0.2) is 63.8 Å². The number of rotatable bonds is 5. The quantitative estimate of drug-likeness (QED) is 0.503. The monoisotopic (exact) mass is 308 g/mol. The van der Waals surface area contributed by atoms with E-state index in [1.54, 1.807) is 0 Å². The SMILES string of the molecule is C.C.C.C.CC[N+](C)(C)CCC[N+](C)(C)C.[Cl-].[Cl-]. The molecule has 122 valence electrons. The fourth-order valence-electron chi connectivity index (χ4n) is 1.13. The van der Waals surface area contributed by atoms with Crippen LogP contribution in [0.5, 0.6) is 0 Å². The summed E-state index contributed by atoms with van der Waals surface area (Å²) in [5.74, 6) is 0. The van der Waals surface area contributed by atoms with Crippen LogP contribution in [0.25, 0.3) is 0 Å². The Hall–Kier alpha value is 0.500. The molecule has 0 aromatic carbocycles. The van der Waals surface area contributed by atoms with E-state index in [9.17, 15) is 0 Å². The van der Waals surface area contributed by atoms with Gasteiger partial charge in [0, 0.05) is 6.42 Å². The molecule has 0 unspecified atom stereocenters. The highest BCUT2D eigenvalue weighted by Crippen LogP contribution is 2.01. The molecule has 0 atom stereocenters. The van der Waals surface area contributed by atoms with Crippen molar-refractivity contribution in [2.75, 3.05) is 54.9 Å². The summed E-state index contributed by atoms with van der Waals surface area (Å²) in [6.45, 7) is 6.07. The molecule has 18 heavy (non-hydrogen) atoms. The maximum absolute atomic E-state index is 2.30. The second-order valence-corrected chi connectivity index (χ2v) is 5.34. The molecule has 0 aliphatic heterocycles. The standard InChI is InChI=1S/C10H26N2.4CH4.2ClH/c1-7-12(5,6)10-8-9-11(2,3)4;;;;;;/h7-10H2,1-6H3;4*1H4;2*1H/q+2;;;;;;/p-2. The maximum Gasteiger partial charge on any atom is 0.0836 e. The molecule has 0 aromatic heterocycles. The number of halogens is 2. The molecule has 2 nitrogen and oxygen atoms in total. The summed E-state index contributed by atoms with van der Waals surface area (Å²) < 4.78 is 2.24. The zero-order valence-corrected chi connectivity index (χ0v) is 12.0. The molecule has 0 fully saturated rings. The summed E-state index contributed by atoms with van der Waals surface area (Å²) in [5, 5.41) is 0. The fourth-order valence-corrected chi connectivity index (χ4v) is 1.13. The van der Waals surface area contributed by atoms with Crippen molar-refractivity contribution in [3.63, 3.8) is 0 Å². The van der Waals surface area contributed by atoms with Crippen LogP contribution in [0.1, 0.15) is 43.1 Å². The summed E-state index contributed by atoms with van der Waals surface area (Å²) in [4.78, 5) is 0. The summed E-state index contributed by atoms with van der Waals surface area (Å²) in [6, 6.07) is 0. The lowest BCUT2D eigenvalue weighted by Gasteiger charge is -2.30. The predicted molar refractivity (Wildman–Crippen MR) is 82.0 cm³/mol. The minimum atomic E-state index is 0. The third-order valence-corrected chi connectivity index (χ3v) is 2.45. The Morgan fingerprint density at radius 3 is 1.22 bits per heavy atom. The largest absolute Gasteiger partial charge is 1.00 e. The molecule has 0 aromatic rings. The highest BCUT2D eigenvalue weighted by Gasteiger charge is 2.14. The van der Waals surface area contributed by atoms with Crippen LogP contribution < -0.4 is 24.8 Å². The van der Waals surface area contributed by atoms with E-state index in [2.05, 4.69) is 42.2 Å². The molecule has 0 amide bonds. The van der Waals surface area contributed by atoms with Gasteiger partial charge in [0.05, 0.1) is 54.9 Å². The van der Waals surface area contributed by atoms with Crippen molar-refractivity contribution < 1.29 is 33.8 Å². The van der Waals surface area contributed by atoms with E-state index in [1.165, 1.54) is 26.1 Å². The van der Waals surface area contributed by atoms with Crippen molar-refractivity contribution in [3.8, 4) is 0 Å². The van der Waals surface area contributed by atoms with E-state index in [1.807, 2.05) is 0 Å². The zero-order valence-electron chi connectivity index (χ0n) is 10.5. The van der Waals surface area contributed by atoms with Gasteiger partial charge in [0.2, 0.25) is 0 Å². The van der Waals surface area contributed by atoms with Crippen LogP contribution in [-0.2, 0) is 0 Å². The molecule has 0 N–H and O–H groups in total. The first-order chi connectivity index (χ1) is 5.27. The van der Waals surface area contributed by atoms with Gasteiger partial charge in [0.15, 0.2) is 0 Å². The van der Waals surface area contributed by atoms with E-state index in [0.29, 0.717) is 0 Å². The Morgan fingerprint density at radius 1 is 0.667 bits per heavy atom. The van der Waals surface area contributed by atoms with Gasteiger partial charge in [-0.2, -0.15) is 0 Å². The number of hydrogen-bond donors (Lipinski definition) is 0. The molecule has 0 aliphatic carbocycles. The molecule has 0 heterocycles. The lowest BCUT2D eigenvalue weighted by molar-refractivity contribution is -0.900. The highest BCUT2D eigenvalue weighted by molar-refractivity contribution is 4.35. The highest BCUT2D eigenvalue weighted by atomic mass is 35.5. The van der Waals surface area contributed by atoms with Gasteiger partial charge in [-0.15, -0.1) is 0 Å². The van der Waals surface area contributed by atoms with Crippen molar-refractivity contribution in [3.05, 3.63) is 0 Å². The Kier molecular flexibility index (Phi) is 41.7. The van der Waals surface area contributed by atoms with Gasteiger partial charge in [-0.25, -0.2) is 0 Å². The first kappa shape index (κ1) is 42.8. The Balaban J connectivity index is -0.0000000403. The maximum atomic E-state index is 2.30. The van der Waals surface area contributed by atoms with E-state index in [-0.39, 0.29) is 54.5 Å². The average Bonchev–Trinajstić information content (AvgIpc) is 1.84. The molecule has 0 bridgehead atoms. The summed E-state index contributed by atoms with van der Waals surface area (Å²) in [7, 11) is 11.4. The Morgan fingerprint density at radius 2 is 1.00 bits per heavy atom. The van der Waals surface area contributed by atoms with Gasteiger partial charge in [-0.3, -0.25) is 0 Å². The molecule has 0 saturated heterocycles. The van der Waals surface area contributed by atoms with Crippen molar-refractivity contribution >= 4 is 0 Å². The normalized spacial score (nSPS) is 9.00. The van der Waals surface area contributed by atoms with E-state index < -0.39 is 0 Å². The van der Waals surface area contributed by atoms with Gasteiger partial charge in [-0.05, 0) is 6.92 Å². The summed E-state index contributed by atoms with van der Waals surface area (Å²) in [5.41, 5.74) is 0. The van der Waals surface area contributed by atoms with Gasteiger partial charge >= 0.3 is 0 Å². The van der Waals surface area contributed by atoms with Crippen molar-refractivity contribution in [1.29, 1.82) is 0 Å². The van der Waals surface area contributed by atoms with E-state index in [4.69, 9.17) is 0 Å². The minimum absolute atomic E-state index is 0. The second kappa shape index (κ2) is 17.5. The zero-order chi connectivity index (χ0) is 9.83. The summed E-state index contributed by atoms with van der Waals surface area (Å²) >= 11 is 0. The predicted octanol–water partition coefficient (Wildman–Crippen LogP) is -2.27. The van der Waals surface area contributed by atoms with Crippen molar-refractivity contribution in [2.24, 2.45) is 0 Å². The van der Waals surface area contributed by atoms with Crippen LogP contribution in [0.2, 0.25) is 0 Å². The molecule has 0 aliphatic rings. The van der Waals surface area contributed by atoms with Gasteiger partial charge in [0.1, 0.15) is 0 Å². The van der Waals surface area contributed by atoms with Gasteiger partial charge < -0.3 is 33.8 Å². The molecule has 4 heteroatoms. The molecular weight excluding hydrogens is 267 g/mol. The van der Waals surface area contributed by atoms with E-state index >= 15 is 0 Å².